The lowest BCUT2D eigenvalue weighted by Crippen LogP contribution is -2.35. The minimum atomic E-state index is -0.947. The molecule has 1 aliphatic rings. The van der Waals surface area contributed by atoms with Crippen molar-refractivity contribution in [3.05, 3.63) is 94.0 Å². The Bertz CT molecular complexity index is 1370. The summed E-state index contributed by atoms with van der Waals surface area (Å²) in [4.78, 5) is 13.4. The summed E-state index contributed by atoms with van der Waals surface area (Å²) in [5.41, 5.74) is 13.3. The summed E-state index contributed by atoms with van der Waals surface area (Å²) in [6, 6.07) is 19.5. The predicted molar refractivity (Wildman–Crippen MR) is 157 cm³/mol. The molecule has 4 N–H and O–H groups in total. The van der Waals surface area contributed by atoms with Crippen molar-refractivity contribution in [2.24, 2.45) is 5.73 Å². The summed E-state index contributed by atoms with van der Waals surface area (Å²) >= 11 is 0. The van der Waals surface area contributed by atoms with Gasteiger partial charge in [0, 0.05) is 43.1 Å². The second kappa shape index (κ2) is 10.6. The van der Waals surface area contributed by atoms with Crippen LogP contribution in [-0.2, 0) is 17.4 Å². The van der Waals surface area contributed by atoms with Crippen molar-refractivity contribution in [3.63, 3.8) is 0 Å². The first kappa shape index (κ1) is 27.3. The fourth-order valence-electron chi connectivity index (χ4n) is 5.17. The molecule has 0 saturated carbocycles. The highest BCUT2D eigenvalue weighted by atomic mass is 16.3. The SMILES string of the molecule is CN(C)c1ccc(CNc2cc(C(O)C#Cc3ccc(C(N)=O)cc3)cc3c2C(C)(C)CCC3(C)C)cc1. The van der Waals surface area contributed by atoms with Gasteiger partial charge in [0.1, 0.15) is 6.10 Å². The van der Waals surface area contributed by atoms with Crippen LogP contribution < -0.4 is 16.0 Å². The Kier molecular flexibility index (Phi) is 7.58. The van der Waals surface area contributed by atoms with E-state index in [-0.39, 0.29) is 10.8 Å². The molecule has 198 valence electrons. The van der Waals surface area contributed by atoms with Crippen LogP contribution in [0.3, 0.4) is 0 Å². The number of rotatable bonds is 6. The van der Waals surface area contributed by atoms with Gasteiger partial charge in [0.15, 0.2) is 0 Å². The minimum absolute atomic E-state index is 0.0115. The van der Waals surface area contributed by atoms with Gasteiger partial charge in [-0.1, -0.05) is 57.7 Å². The van der Waals surface area contributed by atoms with Gasteiger partial charge < -0.3 is 21.1 Å². The summed E-state index contributed by atoms with van der Waals surface area (Å²) < 4.78 is 0. The van der Waals surface area contributed by atoms with E-state index in [0.29, 0.717) is 17.7 Å². The Morgan fingerprint density at radius 2 is 1.63 bits per heavy atom. The first-order chi connectivity index (χ1) is 17.9. The van der Waals surface area contributed by atoms with Gasteiger partial charge in [-0.05, 0) is 88.4 Å². The maximum atomic E-state index is 11.3. The van der Waals surface area contributed by atoms with Gasteiger partial charge in [-0.25, -0.2) is 0 Å². The number of carbonyl (C=O) groups is 1. The van der Waals surface area contributed by atoms with Crippen LogP contribution in [0.5, 0.6) is 0 Å². The fourth-order valence-corrected chi connectivity index (χ4v) is 5.17. The number of benzene rings is 3. The second-order valence-corrected chi connectivity index (χ2v) is 11.8. The number of anilines is 2. The topological polar surface area (TPSA) is 78.6 Å². The molecule has 0 fully saturated rings. The summed E-state index contributed by atoms with van der Waals surface area (Å²) in [6.45, 7) is 9.88. The van der Waals surface area contributed by atoms with E-state index in [1.807, 2.05) is 14.1 Å². The van der Waals surface area contributed by atoms with E-state index >= 15 is 0 Å². The number of hydrogen-bond acceptors (Lipinski definition) is 4. The smallest absolute Gasteiger partial charge is 0.248 e. The van der Waals surface area contributed by atoms with E-state index in [9.17, 15) is 9.90 Å². The third kappa shape index (κ3) is 5.87. The largest absolute Gasteiger partial charge is 0.381 e. The average molecular weight is 510 g/mol. The molecule has 1 amide bonds. The zero-order valence-corrected chi connectivity index (χ0v) is 23.4. The van der Waals surface area contributed by atoms with E-state index in [0.717, 1.165) is 24.1 Å². The van der Waals surface area contributed by atoms with Crippen LogP contribution >= 0.6 is 0 Å². The van der Waals surface area contributed by atoms with Gasteiger partial charge >= 0.3 is 0 Å². The lowest BCUT2D eigenvalue weighted by Gasteiger charge is -2.43. The molecule has 0 heterocycles. The molecule has 1 atom stereocenters. The van der Waals surface area contributed by atoms with Gasteiger partial charge in [0.05, 0.1) is 0 Å². The number of nitrogens with two attached hydrogens (primary N) is 1. The molecular weight excluding hydrogens is 470 g/mol. The Morgan fingerprint density at radius 3 is 2.24 bits per heavy atom. The summed E-state index contributed by atoms with van der Waals surface area (Å²) in [7, 11) is 4.08. The van der Waals surface area contributed by atoms with E-state index in [1.54, 1.807) is 24.3 Å². The van der Waals surface area contributed by atoms with Crippen LogP contribution in [0.4, 0.5) is 11.4 Å². The molecule has 5 heteroatoms. The molecule has 1 unspecified atom stereocenters. The zero-order valence-electron chi connectivity index (χ0n) is 23.4. The van der Waals surface area contributed by atoms with Crippen LogP contribution in [0.15, 0.2) is 60.7 Å². The summed E-state index contributed by atoms with van der Waals surface area (Å²) in [6.07, 6.45) is 1.23. The zero-order chi connectivity index (χ0) is 27.7. The molecule has 1 aliphatic carbocycles. The molecule has 0 spiro atoms. The maximum absolute atomic E-state index is 11.3. The van der Waals surface area contributed by atoms with Crippen LogP contribution in [0.1, 0.15) is 84.8 Å². The Labute approximate surface area is 227 Å². The number of aliphatic hydroxyl groups is 1. The highest BCUT2D eigenvalue weighted by molar-refractivity contribution is 5.92. The van der Waals surface area contributed by atoms with Crippen LogP contribution in [-0.4, -0.2) is 25.1 Å². The fraction of sp³-hybridized carbons (Fsp3) is 0.364. The molecule has 5 nitrogen and oxygen atoms in total. The number of nitrogens with zero attached hydrogens (tertiary/aromatic N) is 1. The Balaban J connectivity index is 1.69. The first-order valence-corrected chi connectivity index (χ1v) is 13.2. The molecular formula is C33H39N3O2. The quantitative estimate of drug-likeness (QED) is 0.362. The molecule has 0 bridgehead atoms. The van der Waals surface area contributed by atoms with Crippen LogP contribution in [0.25, 0.3) is 0 Å². The monoisotopic (exact) mass is 509 g/mol. The van der Waals surface area contributed by atoms with Crippen molar-refractivity contribution in [1.82, 2.24) is 0 Å². The Morgan fingerprint density at radius 1 is 1.00 bits per heavy atom. The van der Waals surface area contributed by atoms with Crippen molar-refractivity contribution < 1.29 is 9.90 Å². The highest BCUT2D eigenvalue weighted by Crippen LogP contribution is 2.49. The van der Waals surface area contributed by atoms with Gasteiger partial charge in [-0.3, -0.25) is 4.79 Å². The minimum Gasteiger partial charge on any atom is -0.381 e. The number of aliphatic hydroxyl groups excluding tert-OH is 1. The molecule has 3 aromatic rings. The van der Waals surface area contributed by atoms with Gasteiger partial charge in [0.2, 0.25) is 5.91 Å². The molecule has 4 rings (SSSR count). The van der Waals surface area contributed by atoms with Crippen molar-refractivity contribution >= 4 is 17.3 Å². The highest BCUT2D eigenvalue weighted by Gasteiger charge is 2.39. The van der Waals surface area contributed by atoms with Gasteiger partial charge in [-0.2, -0.15) is 0 Å². The number of carbonyl (C=O) groups excluding carboxylic acids is 1. The van der Waals surface area contributed by atoms with Gasteiger partial charge in [-0.15, -0.1) is 0 Å². The number of amides is 1. The average Bonchev–Trinajstić information content (AvgIpc) is 2.88. The lowest BCUT2D eigenvalue weighted by atomic mass is 9.62. The standard InChI is InChI=1S/C33H39N3O2/c1-32(2)17-18-33(3,4)30-27(32)19-25(29(37)16-11-22-7-12-24(13-8-22)31(34)38)20-28(30)35-21-23-9-14-26(15-10-23)36(5)6/h7-10,12-15,19-20,29,35,37H,17-18,21H2,1-6H3,(H2,34,38). The summed E-state index contributed by atoms with van der Waals surface area (Å²) in [5, 5.41) is 14.8. The van der Waals surface area contributed by atoms with Crippen molar-refractivity contribution in [1.29, 1.82) is 0 Å². The molecule has 3 aromatic carbocycles. The van der Waals surface area contributed by atoms with E-state index in [2.05, 4.69) is 86.2 Å². The molecule has 0 aliphatic heterocycles. The predicted octanol–water partition coefficient (Wildman–Crippen LogP) is 5.90. The van der Waals surface area contributed by atoms with E-state index < -0.39 is 12.0 Å². The molecule has 0 aromatic heterocycles. The van der Waals surface area contributed by atoms with E-state index in [4.69, 9.17) is 5.73 Å². The molecule has 0 saturated heterocycles. The number of fused-ring (bicyclic) bond motifs is 1. The van der Waals surface area contributed by atoms with Crippen molar-refractivity contribution in [3.8, 4) is 11.8 Å². The molecule has 0 radical (unpaired) electrons. The summed E-state index contributed by atoms with van der Waals surface area (Å²) in [5.74, 6) is 5.56. The first-order valence-electron chi connectivity index (χ1n) is 13.2. The number of nitrogens with one attached hydrogen (secondary N) is 1. The van der Waals surface area contributed by atoms with Crippen LogP contribution in [0.2, 0.25) is 0 Å². The van der Waals surface area contributed by atoms with Gasteiger partial charge in [0.25, 0.3) is 0 Å². The third-order valence-corrected chi connectivity index (χ3v) is 7.72. The normalized spacial score (nSPS) is 16.0. The van der Waals surface area contributed by atoms with E-state index in [1.165, 1.54) is 22.4 Å². The van der Waals surface area contributed by atoms with Crippen molar-refractivity contribution in [2.45, 2.75) is 64.0 Å². The lowest BCUT2D eigenvalue weighted by molar-refractivity contribution is 0.1000. The Hall–Kier alpha value is -3.75. The third-order valence-electron chi connectivity index (χ3n) is 7.72. The number of primary amides is 1. The molecule has 38 heavy (non-hydrogen) atoms. The number of hydrogen-bond donors (Lipinski definition) is 3. The maximum Gasteiger partial charge on any atom is 0.248 e. The van der Waals surface area contributed by atoms with Crippen LogP contribution in [0, 0.1) is 11.8 Å². The van der Waals surface area contributed by atoms with Crippen molar-refractivity contribution in [2.75, 3.05) is 24.3 Å². The second-order valence-electron chi connectivity index (χ2n) is 11.8.